The Labute approximate surface area is 206 Å². The Hall–Kier alpha value is -3.71. The Bertz CT molecular complexity index is 1120. The van der Waals surface area contributed by atoms with Crippen molar-refractivity contribution in [2.24, 2.45) is 0 Å². The third-order valence-corrected chi connectivity index (χ3v) is 5.55. The van der Waals surface area contributed by atoms with Gasteiger partial charge in [-0.2, -0.15) is 0 Å². The molecule has 2 atom stereocenters. The largest absolute Gasteiger partial charge is 0.478 e. The molecule has 0 bridgehead atoms. The molecular weight excluding hydrogens is 444 g/mol. The summed E-state index contributed by atoms with van der Waals surface area (Å²) in [6.07, 6.45) is 2.41. The molecular formula is C28H32N2O5. The highest BCUT2D eigenvalue weighted by molar-refractivity contribution is 5.88. The summed E-state index contributed by atoms with van der Waals surface area (Å²) in [7, 11) is 0. The van der Waals surface area contributed by atoms with E-state index in [4.69, 9.17) is 9.84 Å². The molecule has 2 aromatic carbocycles. The Morgan fingerprint density at radius 1 is 1.00 bits per heavy atom. The highest BCUT2D eigenvalue weighted by Crippen LogP contribution is 2.23. The van der Waals surface area contributed by atoms with Crippen LogP contribution in [0.5, 0.6) is 0 Å². The first-order valence-electron chi connectivity index (χ1n) is 11.5. The Balaban J connectivity index is 1.74. The summed E-state index contributed by atoms with van der Waals surface area (Å²) in [6, 6.07) is 17.9. The minimum absolute atomic E-state index is 0.0791. The lowest BCUT2D eigenvalue weighted by molar-refractivity contribution is 0.00543. The number of pyridine rings is 1. The summed E-state index contributed by atoms with van der Waals surface area (Å²) >= 11 is 0. The van der Waals surface area contributed by atoms with Gasteiger partial charge in [0.15, 0.2) is 0 Å². The summed E-state index contributed by atoms with van der Waals surface area (Å²) in [6.45, 7) is 7.45. The monoisotopic (exact) mass is 476 g/mol. The van der Waals surface area contributed by atoms with Gasteiger partial charge in [0.25, 0.3) is 0 Å². The Kier molecular flexibility index (Phi) is 8.25. The molecule has 0 saturated carbocycles. The summed E-state index contributed by atoms with van der Waals surface area (Å²) < 4.78 is 5.62. The van der Waals surface area contributed by atoms with Gasteiger partial charge < -0.3 is 19.8 Å². The molecule has 3 rings (SSSR count). The molecule has 35 heavy (non-hydrogen) atoms. The lowest BCUT2D eigenvalue weighted by Crippen LogP contribution is -2.45. The number of rotatable bonds is 8. The van der Waals surface area contributed by atoms with Crippen molar-refractivity contribution in [1.29, 1.82) is 0 Å². The van der Waals surface area contributed by atoms with Crippen molar-refractivity contribution in [2.45, 2.75) is 51.9 Å². The highest BCUT2D eigenvalue weighted by Gasteiger charge is 2.28. The lowest BCUT2D eigenvalue weighted by Gasteiger charge is -2.33. The van der Waals surface area contributed by atoms with E-state index < -0.39 is 23.8 Å². The number of benzene rings is 2. The predicted molar refractivity (Wildman–Crippen MR) is 134 cm³/mol. The molecule has 0 aliphatic heterocycles. The van der Waals surface area contributed by atoms with Crippen LogP contribution in [0.2, 0.25) is 0 Å². The standard InChI is InChI=1S/C28H32N2O5/c1-19(16-20-7-9-21(10-8-20)22-11-13-23(14-12-22)26(32)33)30(27(34)35-28(2,3)4)18-25(31)24-6-5-15-29-17-24/h5-15,17,19,25,31H,16,18H2,1-4H3,(H,32,33)/t19-,25+/m1/s1. The second-order valence-corrected chi connectivity index (χ2v) is 9.57. The minimum atomic E-state index is -0.955. The van der Waals surface area contributed by atoms with E-state index in [0.29, 0.717) is 12.0 Å². The van der Waals surface area contributed by atoms with E-state index in [1.807, 2.05) is 52.0 Å². The molecule has 3 aromatic rings. The van der Waals surface area contributed by atoms with Crippen molar-refractivity contribution >= 4 is 12.1 Å². The van der Waals surface area contributed by atoms with Crippen LogP contribution >= 0.6 is 0 Å². The van der Waals surface area contributed by atoms with Crippen LogP contribution in [0.15, 0.2) is 73.1 Å². The average molecular weight is 477 g/mol. The molecule has 1 amide bonds. The molecule has 0 spiro atoms. The van der Waals surface area contributed by atoms with Crippen molar-refractivity contribution in [3.8, 4) is 11.1 Å². The maximum atomic E-state index is 13.0. The number of aliphatic hydroxyl groups is 1. The molecule has 0 radical (unpaired) electrons. The highest BCUT2D eigenvalue weighted by atomic mass is 16.6. The van der Waals surface area contributed by atoms with Crippen molar-refractivity contribution in [2.75, 3.05) is 6.54 Å². The van der Waals surface area contributed by atoms with Crippen LogP contribution in [0.25, 0.3) is 11.1 Å². The molecule has 0 aliphatic rings. The van der Waals surface area contributed by atoms with Gasteiger partial charge in [-0.3, -0.25) is 4.98 Å². The van der Waals surface area contributed by atoms with Gasteiger partial charge in [0.1, 0.15) is 5.60 Å². The zero-order valence-electron chi connectivity index (χ0n) is 20.5. The maximum absolute atomic E-state index is 13.0. The number of aliphatic hydroxyl groups excluding tert-OH is 1. The fourth-order valence-corrected chi connectivity index (χ4v) is 3.71. The number of ether oxygens (including phenoxy) is 1. The van der Waals surface area contributed by atoms with Gasteiger partial charge in [0.05, 0.1) is 18.2 Å². The molecule has 7 heteroatoms. The van der Waals surface area contributed by atoms with E-state index in [-0.39, 0.29) is 18.2 Å². The molecule has 0 fully saturated rings. The number of carboxylic acid groups (broad SMARTS) is 1. The number of hydrogen-bond donors (Lipinski definition) is 2. The molecule has 7 nitrogen and oxygen atoms in total. The fourth-order valence-electron chi connectivity index (χ4n) is 3.71. The van der Waals surface area contributed by atoms with E-state index in [9.17, 15) is 14.7 Å². The summed E-state index contributed by atoms with van der Waals surface area (Å²) in [5, 5.41) is 19.8. The van der Waals surface area contributed by atoms with E-state index in [2.05, 4.69) is 4.98 Å². The smallest absolute Gasteiger partial charge is 0.410 e. The van der Waals surface area contributed by atoms with Crippen molar-refractivity contribution in [3.05, 3.63) is 89.7 Å². The third-order valence-electron chi connectivity index (χ3n) is 5.55. The van der Waals surface area contributed by atoms with E-state index >= 15 is 0 Å². The second-order valence-electron chi connectivity index (χ2n) is 9.57. The molecule has 2 N–H and O–H groups in total. The van der Waals surface area contributed by atoms with Gasteiger partial charge in [-0.25, -0.2) is 9.59 Å². The first-order chi connectivity index (χ1) is 16.5. The molecule has 184 valence electrons. The number of hydrogen-bond acceptors (Lipinski definition) is 5. The van der Waals surface area contributed by atoms with E-state index in [1.54, 1.807) is 53.7 Å². The second kappa shape index (κ2) is 11.1. The van der Waals surface area contributed by atoms with E-state index in [0.717, 1.165) is 16.7 Å². The van der Waals surface area contributed by atoms with Crippen LogP contribution in [0, 0.1) is 0 Å². The number of carbonyl (C=O) groups excluding carboxylic acids is 1. The summed E-state index contributed by atoms with van der Waals surface area (Å²) in [4.78, 5) is 29.7. The van der Waals surface area contributed by atoms with Crippen LogP contribution in [-0.4, -0.2) is 50.3 Å². The number of nitrogens with zero attached hydrogens (tertiary/aromatic N) is 2. The van der Waals surface area contributed by atoms with Crippen LogP contribution in [0.1, 0.15) is 55.3 Å². The Morgan fingerprint density at radius 3 is 2.11 bits per heavy atom. The van der Waals surface area contributed by atoms with Gasteiger partial charge in [-0.05, 0) is 69.0 Å². The fraction of sp³-hybridized carbons (Fsp3) is 0.321. The maximum Gasteiger partial charge on any atom is 0.410 e. The zero-order valence-corrected chi connectivity index (χ0v) is 20.5. The number of aromatic carboxylic acids is 1. The van der Waals surface area contributed by atoms with Crippen molar-refractivity contribution < 1.29 is 24.5 Å². The van der Waals surface area contributed by atoms with Crippen LogP contribution < -0.4 is 0 Å². The molecule has 1 aromatic heterocycles. The van der Waals surface area contributed by atoms with E-state index in [1.165, 1.54) is 0 Å². The quantitative estimate of drug-likeness (QED) is 0.455. The molecule has 0 aliphatic carbocycles. The average Bonchev–Trinajstić information content (AvgIpc) is 2.82. The summed E-state index contributed by atoms with van der Waals surface area (Å²) in [5.74, 6) is -0.955. The van der Waals surface area contributed by atoms with Gasteiger partial charge in [-0.1, -0.05) is 42.5 Å². The SMILES string of the molecule is C[C@H](Cc1ccc(-c2ccc(C(=O)O)cc2)cc1)N(C[C@H](O)c1cccnc1)C(=O)OC(C)(C)C. The number of aromatic nitrogens is 1. The third kappa shape index (κ3) is 7.39. The van der Waals surface area contributed by atoms with Gasteiger partial charge in [0, 0.05) is 24.0 Å². The van der Waals surface area contributed by atoms with Gasteiger partial charge >= 0.3 is 12.1 Å². The summed E-state index contributed by atoms with van der Waals surface area (Å²) in [5.41, 5.74) is 3.12. The number of carbonyl (C=O) groups is 2. The minimum Gasteiger partial charge on any atom is -0.478 e. The normalized spacial score (nSPS) is 13.1. The first kappa shape index (κ1) is 25.9. The Morgan fingerprint density at radius 2 is 1.60 bits per heavy atom. The van der Waals surface area contributed by atoms with Crippen LogP contribution in [0.4, 0.5) is 4.79 Å². The molecule has 0 saturated heterocycles. The first-order valence-corrected chi connectivity index (χ1v) is 11.5. The zero-order chi connectivity index (χ0) is 25.6. The predicted octanol–water partition coefficient (Wildman–Crippen LogP) is 5.35. The molecule has 0 unspecified atom stereocenters. The molecule has 1 heterocycles. The number of amides is 1. The van der Waals surface area contributed by atoms with Crippen molar-refractivity contribution in [1.82, 2.24) is 9.88 Å². The van der Waals surface area contributed by atoms with Crippen LogP contribution in [0.3, 0.4) is 0 Å². The van der Waals surface area contributed by atoms with Crippen LogP contribution in [-0.2, 0) is 11.2 Å². The van der Waals surface area contributed by atoms with Gasteiger partial charge in [-0.15, -0.1) is 0 Å². The topological polar surface area (TPSA) is 100.0 Å². The number of carboxylic acids is 1. The lowest BCUT2D eigenvalue weighted by atomic mass is 9.99. The van der Waals surface area contributed by atoms with Crippen molar-refractivity contribution in [3.63, 3.8) is 0 Å². The van der Waals surface area contributed by atoms with Gasteiger partial charge in [0.2, 0.25) is 0 Å².